The minimum atomic E-state index is -0.303. The van der Waals surface area contributed by atoms with Gasteiger partial charge in [0.15, 0.2) is 5.13 Å². The second-order valence-electron chi connectivity index (χ2n) is 4.16. The highest BCUT2D eigenvalue weighted by Crippen LogP contribution is 2.28. The number of aryl methyl sites for hydroxylation is 1. The van der Waals surface area contributed by atoms with Gasteiger partial charge in [0.2, 0.25) is 5.91 Å². The van der Waals surface area contributed by atoms with Gasteiger partial charge in [-0.1, -0.05) is 23.5 Å². The highest BCUT2D eigenvalue weighted by Gasteiger charge is 2.10. The molecule has 17 heavy (non-hydrogen) atoms. The van der Waals surface area contributed by atoms with Crippen LogP contribution < -0.4 is 11.1 Å². The van der Waals surface area contributed by atoms with E-state index in [-0.39, 0.29) is 11.9 Å². The Bertz CT molecular complexity index is 550. The van der Waals surface area contributed by atoms with Gasteiger partial charge in [-0.15, -0.1) is 0 Å². The van der Waals surface area contributed by atoms with E-state index in [1.165, 1.54) is 0 Å². The summed E-state index contributed by atoms with van der Waals surface area (Å²) in [6.45, 7) is 3.96. The molecule has 2 aromatic rings. The zero-order valence-electron chi connectivity index (χ0n) is 9.86. The van der Waals surface area contributed by atoms with Gasteiger partial charge >= 0.3 is 0 Å². The molecule has 90 valence electrons. The van der Waals surface area contributed by atoms with E-state index in [0.717, 1.165) is 20.9 Å². The van der Waals surface area contributed by atoms with E-state index in [1.54, 1.807) is 11.3 Å². The number of carbonyl (C=O) groups is 1. The van der Waals surface area contributed by atoms with Crippen LogP contribution in [0.4, 0.5) is 5.13 Å². The van der Waals surface area contributed by atoms with Crippen molar-refractivity contribution in [1.29, 1.82) is 0 Å². The third-order valence-electron chi connectivity index (χ3n) is 2.50. The van der Waals surface area contributed by atoms with E-state index in [1.807, 2.05) is 32.0 Å². The van der Waals surface area contributed by atoms with Crippen molar-refractivity contribution in [2.24, 2.45) is 5.73 Å². The summed E-state index contributed by atoms with van der Waals surface area (Å²) >= 11 is 1.59. The van der Waals surface area contributed by atoms with Crippen molar-refractivity contribution < 1.29 is 4.79 Å². The van der Waals surface area contributed by atoms with Crippen molar-refractivity contribution in [3.05, 3.63) is 23.8 Å². The maximum Gasteiger partial charge on any atom is 0.219 e. The van der Waals surface area contributed by atoms with Gasteiger partial charge in [-0.05, 0) is 25.5 Å². The first-order valence-corrected chi connectivity index (χ1v) is 6.29. The number of amides is 1. The lowest BCUT2D eigenvalue weighted by Crippen LogP contribution is -2.23. The van der Waals surface area contributed by atoms with Crippen LogP contribution in [-0.2, 0) is 4.79 Å². The molecule has 1 unspecified atom stereocenters. The number of nitrogens with zero attached hydrogens (tertiary/aromatic N) is 1. The van der Waals surface area contributed by atoms with Gasteiger partial charge in [0, 0.05) is 12.5 Å². The highest BCUT2D eigenvalue weighted by atomic mass is 32.1. The molecule has 1 aromatic carbocycles. The summed E-state index contributed by atoms with van der Waals surface area (Å²) < 4.78 is 1.15. The van der Waals surface area contributed by atoms with Gasteiger partial charge in [0.1, 0.15) is 0 Å². The molecule has 0 radical (unpaired) electrons. The number of para-hydroxylation sites is 1. The minimum absolute atomic E-state index is 0.00775. The fourth-order valence-electron chi connectivity index (χ4n) is 1.71. The Hall–Kier alpha value is -1.62. The van der Waals surface area contributed by atoms with Crippen LogP contribution in [0, 0.1) is 6.92 Å². The Morgan fingerprint density at radius 3 is 3.00 bits per heavy atom. The molecule has 0 spiro atoms. The molecule has 1 amide bonds. The summed E-state index contributed by atoms with van der Waals surface area (Å²) in [6.07, 6.45) is 0.314. The molecule has 2 rings (SSSR count). The quantitative estimate of drug-likeness (QED) is 0.873. The number of hydrogen-bond acceptors (Lipinski definition) is 4. The molecule has 0 saturated heterocycles. The number of nitrogens with two attached hydrogens (primary N) is 1. The predicted octanol–water partition coefficient (Wildman–Crippen LogP) is 2.28. The van der Waals surface area contributed by atoms with Crippen LogP contribution >= 0.6 is 11.3 Å². The van der Waals surface area contributed by atoms with Gasteiger partial charge in [0.05, 0.1) is 10.2 Å². The molecule has 0 aliphatic heterocycles. The maximum absolute atomic E-state index is 10.8. The van der Waals surface area contributed by atoms with Gasteiger partial charge in [-0.3, -0.25) is 4.79 Å². The number of benzene rings is 1. The number of carbonyl (C=O) groups excluding carboxylic acids is 1. The molecular weight excluding hydrogens is 234 g/mol. The monoisotopic (exact) mass is 249 g/mol. The van der Waals surface area contributed by atoms with Crippen molar-refractivity contribution in [2.45, 2.75) is 26.3 Å². The van der Waals surface area contributed by atoms with Crippen molar-refractivity contribution in [3.8, 4) is 0 Å². The number of nitrogens with one attached hydrogen (secondary N) is 1. The summed E-state index contributed by atoms with van der Waals surface area (Å²) in [6, 6.07) is 6.11. The van der Waals surface area contributed by atoms with Crippen LogP contribution in [0.5, 0.6) is 0 Å². The molecule has 4 nitrogen and oxygen atoms in total. The maximum atomic E-state index is 10.8. The van der Waals surface area contributed by atoms with Crippen molar-refractivity contribution in [1.82, 2.24) is 4.98 Å². The van der Waals surface area contributed by atoms with Crippen molar-refractivity contribution >= 4 is 32.6 Å². The van der Waals surface area contributed by atoms with E-state index in [9.17, 15) is 4.79 Å². The molecule has 1 heterocycles. The number of fused-ring (bicyclic) bond motifs is 1. The second kappa shape index (κ2) is 4.71. The van der Waals surface area contributed by atoms with Gasteiger partial charge < -0.3 is 11.1 Å². The van der Waals surface area contributed by atoms with E-state index in [0.29, 0.717) is 6.42 Å². The number of rotatable bonds is 4. The lowest BCUT2D eigenvalue weighted by molar-refractivity contribution is -0.118. The third kappa shape index (κ3) is 2.74. The summed E-state index contributed by atoms with van der Waals surface area (Å²) in [4.78, 5) is 15.3. The fourth-order valence-corrected chi connectivity index (χ4v) is 2.77. The Morgan fingerprint density at radius 1 is 1.59 bits per heavy atom. The van der Waals surface area contributed by atoms with Crippen LogP contribution in [0.2, 0.25) is 0 Å². The van der Waals surface area contributed by atoms with Crippen LogP contribution in [0.25, 0.3) is 10.2 Å². The minimum Gasteiger partial charge on any atom is -0.370 e. The number of thiazole rings is 1. The summed E-state index contributed by atoms with van der Waals surface area (Å²) in [5.74, 6) is -0.303. The lowest BCUT2D eigenvalue weighted by atomic mass is 10.2. The van der Waals surface area contributed by atoms with E-state index in [4.69, 9.17) is 5.73 Å². The van der Waals surface area contributed by atoms with Crippen LogP contribution in [0.3, 0.4) is 0 Å². The molecule has 1 atom stereocenters. The first-order valence-electron chi connectivity index (χ1n) is 5.47. The van der Waals surface area contributed by atoms with E-state index < -0.39 is 0 Å². The molecule has 1 aromatic heterocycles. The van der Waals surface area contributed by atoms with Gasteiger partial charge in [0.25, 0.3) is 0 Å². The molecular formula is C12H15N3OS. The van der Waals surface area contributed by atoms with Crippen LogP contribution in [0.1, 0.15) is 18.9 Å². The van der Waals surface area contributed by atoms with Crippen LogP contribution in [0.15, 0.2) is 18.2 Å². The summed E-state index contributed by atoms with van der Waals surface area (Å²) in [5.41, 5.74) is 7.33. The first kappa shape index (κ1) is 11.9. The third-order valence-corrected chi connectivity index (χ3v) is 3.45. The average Bonchev–Trinajstić information content (AvgIpc) is 2.60. The van der Waals surface area contributed by atoms with Gasteiger partial charge in [-0.2, -0.15) is 0 Å². The smallest absolute Gasteiger partial charge is 0.219 e. The molecule has 0 saturated carbocycles. The molecule has 0 fully saturated rings. The topological polar surface area (TPSA) is 68.0 Å². The zero-order chi connectivity index (χ0) is 12.4. The Morgan fingerprint density at radius 2 is 2.35 bits per heavy atom. The van der Waals surface area contributed by atoms with Crippen molar-refractivity contribution in [3.63, 3.8) is 0 Å². The fraction of sp³-hybridized carbons (Fsp3) is 0.333. The predicted molar refractivity (Wildman–Crippen MR) is 71.3 cm³/mol. The number of aromatic nitrogens is 1. The molecule has 5 heteroatoms. The number of anilines is 1. The largest absolute Gasteiger partial charge is 0.370 e. The summed E-state index contributed by atoms with van der Waals surface area (Å²) in [5, 5.41) is 4.03. The van der Waals surface area contributed by atoms with Gasteiger partial charge in [-0.25, -0.2) is 4.98 Å². The zero-order valence-corrected chi connectivity index (χ0v) is 10.7. The molecule has 3 N–H and O–H groups in total. The van der Waals surface area contributed by atoms with E-state index >= 15 is 0 Å². The number of hydrogen-bond donors (Lipinski definition) is 2. The van der Waals surface area contributed by atoms with Crippen LogP contribution in [-0.4, -0.2) is 16.9 Å². The molecule has 0 aliphatic carbocycles. The highest BCUT2D eigenvalue weighted by molar-refractivity contribution is 7.22. The average molecular weight is 249 g/mol. The Kier molecular flexibility index (Phi) is 3.28. The Balaban J connectivity index is 2.20. The lowest BCUT2D eigenvalue weighted by Gasteiger charge is -2.09. The van der Waals surface area contributed by atoms with Crippen molar-refractivity contribution in [2.75, 3.05) is 5.32 Å². The summed E-state index contributed by atoms with van der Waals surface area (Å²) in [7, 11) is 0. The molecule has 0 bridgehead atoms. The number of primary amides is 1. The Labute approximate surface area is 104 Å². The standard InChI is InChI=1S/C12H15N3OS/c1-7-4-3-5-9-11(7)15-12(17-9)14-8(2)6-10(13)16/h3-5,8H,6H2,1-2H3,(H2,13,16)(H,14,15). The normalized spacial score (nSPS) is 12.6. The first-order chi connectivity index (χ1) is 8.06. The SMILES string of the molecule is Cc1cccc2sc(NC(C)CC(N)=O)nc12. The molecule has 0 aliphatic rings. The second-order valence-corrected chi connectivity index (χ2v) is 5.19. The van der Waals surface area contributed by atoms with E-state index in [2.05, 4.69) is 10.3 Å².